The maximum absolute atomic E-state index is 13.8. The first-order valence-electron chi connectivity index (χ1n) is 17.9. The van der Waals surface area contributed by atoms with Crippen LogP contribution in [0.25, 0.3) is 0 Å². The zero-order valence-corrected chi connectivity index (χ0v) is 30.0. The largest absolute Gasteiger partial charge is 0.444 e. The highest BCUT2D eigenvalue weighted by molar-refractivity contribution is 6.00. The van der Waals surface area contributed by atoms with E-state index in [0.717, 1.165) is 24.0 Å². The Morgan fingerprint density at radius 1 is 0.796 bits per heavy atom. The maximum Gasteiger partial charge on any atom is 0.408 e. The Hall–Kier alpha value is -3.76. The number of imide groups is 1. The normalized spacial score (nSPS) is 16.9. The fourth-order valence-electron chi connectivity index (χ4n) is 6.41. The molecule has 1 aliphatic rings. The second kappa shape index (κ2) is 19.4. The Morgan fingerprint density at radius 3 is 1.92 bits per heavy atom. The molecule has 5 atom stereocenters. The van der Waals surface area contributed by atoms with Gasteiger partial charge in [0.15, 0.2) is 0 Å². The van der Waals surface area contributed by atoms with Crippen molar-refractivity contribution in [2.75, 3.05) is 0 Å². The molecule has 0 aromatic heterocycles. The molecule has 0 bridgehead atoms. The van der Waals surface area contributed by atoms with Crippen LogP contribution in [0.15, 0.2) is 60.7 Å². The van der Waals surface area contributed by atoms with E-state index in [4.69, 9.17) is 10.5 Å². The van der Waals surface area contributed by atoms with E-state index in [9.17, 15) is 24.3 Å². The van der Waals surface area contributed by atoms with Gasteiger partial charge in [-0.05, 0) is 69.4 Å². The highest BCUT2D eigenvalue weighted by Crippen LogP contribution is 2.28. The molecular weight excluding hydrogens is 620 g/mol. The summed E-state index contributed by atoms with van der Waals surface area (Å²) in [6.45, 7) is 9.04. The van der Waals surface area contributed by atoms with Crippen LogP contribution in [-0.2, 0) is 32.0 Å². The van der Waals surface area contributed by atoms with Gasteiger partial charge in [0.2, 0.25) is 17.7 Å². The molecule has 0 heterocycles. The number of amides is 4. The van der Waals surface area contributed by atoms with Crippen molar-refractivity contribution in [1.82, 2.24) is 16.0 Å². The van der Waals surface area contributed by atoms with Gasteiger partial charge in [-0.2, -0.15) is 0 Å². The summed E-state index contributed by atoms with van der Waals surface area (Å²) >= 11 is 0. The lowest BCUT2D eigenvalue weighted by molar-refractivity contribution is -0.136. The van der Waals surface area contributed by atoms with E-state index >= 15 is 0 Å². The van der Waals surface area contributed by atoms with Crippen molar-refractivity contribution in [2.24, 2.45) is 23.5 Å². The Labute approximate surface area is 292 Å². The maximum atomic E-state index is 13.8. The summed E-state index contributed by atoms with van der Waals surface area (Å²) in [7, 11) is 0. The van der Waals surface area contributed by atoms with E-state index in [1.807, 2.05) is 74.5 Å². The van der Waals surface area contributed by atoms with Gasteiger partial charge in [0.25, 0.3) is 0 Å². The summed E-state index contributed by atoms with van der Waals surface area (Å²) in [5.41, 5.74) is 7.38. The minimum Gasteiger partial charge on any atom is -0.444 e. The predicted octanol–water partition coefficient (Wildman–Crippen LogP) is 5.20. The number of hydrogen-bond acceptors (Lipinski definition) is 7. The fourth-order valence-corrected chi connectivity index (χ4v) is 6.41. The van der Waals surface area contributed by atoms with Gasteiger partial charge in [-0.1, -0.05) is 107 Å². The number of carbonyl (C=O) groups is 4. The van der Waals surface area contributed by atoms with Crippen LogP contribution >= 0.6 is 0 Å². The second-order valence-electron chi connectivity index (χ2n) is 15.0. The first-order valence-corrected chi connectivity index (χ1v) is 17.9. The molecule has 1 fully saturated rings. The molecule has 2 aromatic rings. The van der Waals surface area contributed by atoms with Gasteiger partial charge in [0.1, 0.15) is 17.7 Å². The van der Waals surface area contributed by atoms with Gasteiger partial charge >= 0.3 is 6.09 Å². The summed E-state index contributed by atoms with van der Waals surface area (Å²) in [5, 5.41) is 19.2. The van der Waals surface area contributed by atoms with Gasteiger partial charge < -0.3 is 26.2 Å². The van der Waals surface area contributed by atoms with Crippen LogP contribution in [-0.4, -0.2) is 58.8 Å². The molecule has 2 unspecified atom stereocenters. The smallest absolute Gasteiger partial charge is 0.408 e. The number of aliphatic hydroxyl groups is 1. The lowest BCUT2D eigenvalue weighted by Gasteiger charge is -2.29. The molecule has 0 aliphatic heterocycles. The van der Waals surface area contributed by atoms with Gasteiger partial charge in [-0.25, -0.2) is 4.79 Å². The van der Waals surface area contributed by atoms with Crippen LogP contribution < -0.4 is 21.7 Å². The molecule has 10 nitrogen and oxygen atoms in total. The van der Waals surface area contributed by atoms with Crippen molar-refractivity contribution in [1.29, 1.82) is 0 Å². The minimum atomic E-state index is -1.12. The molecule has 6 N–H and O–H groups in total. The standard InChI is InChI=1S/C39H58N4O6/c1-26(2)21-32(42-38(48)49-39(3,4)5)36(46)41-33(24-29-19-13-8-14-20-29)37(47)43-35(45)30(22-27-15-9-6-10-16-27)25-34(44)31(40)23-28-17-11-7-12-18-28/h6,8-10,13-16,19-20,26,28,30-34,44H,7,11-12,17-18,21-25,40H2,1-5H3,(H,41,46)(H,42,48)(H,43,45,47)/t30-,31+,32?,33?,34+/m1/s1. The molecule has 0 saturated heterocycles. The zero-order chi connectivity index (χ0) is 36.0. The van der Waals surface area contributed by atoms with Gasteiger partial charge in [0, 0.05) is 18.4 Å². The van der Waals surface area contributed by atoms with Gasteiger partial charge in [-0.15, -0.1) is 0 Å². The van der Waals surface area contributed by atoms with Crippen molar-refractivity contribution in [3.05, 3.63) is 71.8 Å². The van der Waals surface area contributed by atoms with E-state index in [2.05, 4.69) is 16.0 Å². The third-order valence-corrected chi connectivity index (χ3v) is 8.92. The van der Waals surface area contributed by atoms with Crippen LogP contribution in [0.3, 0.4) is 0 Å². The van der Waals surface area contributed by atoms with Crippen molar-refractivity contribution in [2.45, 2.75) is 129 Å². The third kappa shape index (κ3) is 14.7. The van der Waals surface area contributed by atoms with Gasteiger partial charge in [0.05, 0.1) is 6.10 Å². The highest BCUT2D eigenvalue weighted by atomic mass is 16.6. The molecule has 4 amide bonds. The predicted molar refractivity (Wildman–Crippen MR) is 191 cm³/mol. The number of aliphatic hydroxyl groups excluding tert-OH is 1. The number of hydrogen-bond donors (Lipinski definition) is 5. The summed E-state index contributed by atoms with van der Waals surface area (Å²) in [5.74, 6) is -2.02. The molecule has 270 valence electrons. The van der Waals surface area contributed by atoms with E-state index in [-0.39, 0.29) is 18.8 Å². The van der Waals surface area contributed by atoms with Crippen LogP contribution in [0.4, 0.5) is 4.79 Å². The average Bonchev–Trinajstić information content (AvgIpc) is 3.04. The number of rotatable bonds is 16. The Bertz CT molecular complexity index is 1320. The molecule has 2 aromatic carbocycles. The molecule has 10 heteroatoms. The van der Waals surface area contributed by atoms with E-state index in [1.54, 1.807) is 20.8 Å². The van der Waals surface area contributed by atoms with E-state index in [1.165, 1.54) is 19.3 Å². The first kappa shape index (κ1) is 39.7. The van der Waals surface area contributed by atoms with Crippen LogP contribution in [0.5, 0.6) is 0 Å². The number of nitrogens with one attached hydrogen (secondary N) is 3. The summed E-state index contributed by atoms with van der Waals surface area (Å²) < 4.78 is 5.38. The SMILES string of the molecule is CC(C)CC(NC(=O)OC(C)(C)C)C(=O)NC(Cc1ccccc1)C(=O)NC(=O)[C@H](Cc1ccccc1)C[C@H](O)[C@@H](N)CC1CCCCC1. The number of ether oxygens (including phenoxy) is 1. The number of benzene rings is 2. The Morgan fingerprint density at radius 2 is 1.37 bits per heavy atom. The number of carbonyl (C=O) groups excluding carboxylic acids is 4. The molecule has 49 heavy (non-hydrogen) atoms. The highest BCUT2D eigenvalue weighted by Gasteiger charge is 2.33. The van der Waals surface area contributed by atoms with Crippen molar-refractivity contribution >= 4 is 23.8 Å². The molecule has 0 radical (unpaired) electrons. The zero-order valence-electron chi connectivity index (χ0n) is 30.0. The Kier molecular flexibility index (Phi) is 15.7. The molecule has 1 aliphatic carbocycles. The van der Waals surface area contributed by atoms with Crippen molar-refractivity contribution in [3.63, 3.8) is 0 Å². The molecule has 0 spiro atoms. The summed E-state index contributed by atoms with van der Waals surface area (Å²) in [6.07, 6.45) is 5.62. The molecule has 1 saturated carbocycles. The van der Waals surface area contributed by atoms with Crippen LogP contribution in [0, 0.1) is 17.8 Å². The van der Waals surface area contributed by atoms with Gasteiger partial charge in [-0.3, -0.25) is 19.7 Å². The van der Waals surface area contributed by atoms with Crippen molar-refractivity contribution in [3.8, 4) is 0 Å². The number of nitrogens with two attached hydrogens (primary N) is 1. The number of alkyl carbamates (subject to hydrolysis) is 1. The third-order valence-electron chi connectivity index (χ3n) is 8.92. The van der Waals surface area contributed by atoms with Crippen LogP contribution in [0.1, 0.15) is 97.1 Å². The lowest BCUT2D eigenvalue weighted by atomic mass is 9.82. The van der Waals surface area contributed by atoms with E-state index < -0.39 is 59.6 Å². The lowest BCUT2D eigenvalue weighted by Crippen LogP contribution is -2.56. The fraction of sp³-hybridized carbons (Fsp3) is 0.590. The topological polar surface area (TPSA) is 160 Å². The Balaban J connectivity index is 1.79. The average molecular weight is 679 g/mol. The molecule has 3 rings (SSSR count). The van der Waals surface area contributed by atoms with E-state index in [0.29, 0.717) is 25.2 Å². The monoisotopic (exact) mass is 678 g/mol. The van der Waals surface area contributed by atoms with Crippen molar-refractivity contribution < 1.29 is 29.0 Å². The second-order valence-corrected chi connectivity index (χ2v) is 15.0. The minimum absolute atomic E-state index is 0.0447. The molecular formula is C39H58N4O6. The summed E-state index contributed by atoms with van der Waals surface area (Å²) in [4.78, 5) is 53.9. The van der Waals surface area contributed by atoms with Crippen LogP contribution in [0.2, 0.25) is 0 Å². The first-order chi connectivity index (χ1) is 23.2. The quantitative estimate of drug-likeness (QED) is 0.163. The summed E-state index contributed by atoms with van der Waals surface area (Å²) in [6, 6.07) is 16.1.